The van der Waals surface area contributed by atoms with Crippen LogP contribution >= 0.6 is 0 Å². The van der Waals surface area contributed by atoms with Gasteiger partial charge in [0.05, 0.1) is 0 Å². The second-order valence-corrected chi connectivity index (χ2v) is 11.7. The fourth-order valence-electron chi connectivity index (χ4n) is 5.19. The third kappa shape index (κ3) is 3.57. The summed E-state index contributed by atoms with van der Waals surface area (Å²) in [5.74, 6) is 1.81. The monoisotopic (exact) mass is 384 g/mol. The molecule has 4 aliphatic rings. The Hall–Kier alpha value is 0.124. The number of fused-ring (bicyclic) bond motifs is 2. The molecular weight excluding hydrogens is 359 g/mol. The van der Waals surface area contributed by atoms with E-state index in [1.807, 2.05) is 11.1 Å². The number of halogens is 2. The minimum atomic E-state index is -1.16. The molecular formula is C20H26Cl2Ti. The van der Waals surface area contributed by atoms with Crippen molar-refractivity contribution >= 4 is 4.31 Å². The average Bonchev–Trinajstić information content (AvgIpc) is 3.14. The Morgan fingerprint density at radius 2 is 1.30 bits per heavy atom. The predicted molar refractivity (Wildman–Crippen MR) is 88.4 cm³/mol. The van der Waals surface area contributed by atoms with E-state index in [4.69, 9.17) is 0 Å². The van der Waals surface area contributed by atoms with Crippen LogP contribution in [0.15, 0.2) is 47.6 Å². The molecule has 0 amide bonds. The fraction of sp³-hybridized carbons (Fsp3) is 0.550. The van der Waals surface area contributed by atoms with Crippen molar-refractivity contribution in [1.82, 2.24) is 0 Å². The number of hydrogen-bond donors (Lipinski definition) is 0. The van der Waals surface area contributed by atoms with Crippen molar-refractivity contribution in [2.45, 2.75) is 53.9 Å². The van der Waals surface area contributed by atoms with Crippen LogP contribution in [0.3, 0.4) is 0 Å². The third-order valence-corrected chi connectivity index (χ3v) is 11.7. The Morgan fingerprint density at radius 1 is 0.826 bits per heavy atom. The molecule has 4 unspecified atom stereocenters. The van der Waals surface area contributed by atoms with Crippen LogP contribution in [0.4, 0.5) is 0 Å². The van der Waals surface area contributed by atoms with Crippen LogP contribution in [-0.4, -0.2) is 4.31 Å². The molecule has 0 saturated heterocycles. The molecule has 0 aromatic heterocycles. The van der Waals surface area contributed by atoms with Gasteiger partial charge < -0.3 is 24.8 Å². The summed E-state index contributed by atoms with van der Waals surface area (Å²) in [6.07, 6.45) is 22.9. The zero-order chi connectivity index (χ0) is 14.2. The zero-order valence-corrected chi connectivity index (χ0v) is 16.9. The Labute approximate surface area is 159 Å². The van der Waals surface area contributed by atoms with E-state index in [1.54, 1.807) is 0 Å². The van der Waals surface area contributed by atoms with Crippen LogP contribution in [0, 0.1) is 11.8 Å². The van der Waals surface area contributed by atoms with Crippen molar-refractivity contribution in [1.29, 1.82) is 0 Å². The van der Waals surface area contributed by atoms with Gasteiger partial charge in [-0.25, -0.2) is 0 Å². The Morgan fingerprint density at radius 3 is 1.74 bits per heavy atom. The molecule has 0 spiro atoms. The molecule has 0 aliphatic heterocycles. The van der Waals surface area contributed by atoms with Gasteiger partial charge in [0.15, 0.2) is 0 Å². The molecule has 0 aromatic carbocycles. The summed E-state index contributed by atoms with van der Waals surface area (Å²) in [5.41, 5.74) is 3.70. The van der Waals surface area contributed by atoms with Crippen molar-refractivity contribution in [2.75, 3.05) is 0 Å². The van der Waals surface area contributed by atoms with E-state index >= 15 is 0 Å². The van der Waals surface area contributed by atoms with Gasteiger partial charge in [0.2, 0.25) is 0 Å². The quantitative estimate of drug-likeness (QED) is 0.568. The molecule has 0 heterocycles. The van der Waals surface area contributed by atoms with Gasteiger partial charge in [-0.1, -0.05) is 0 Å². The molecule has 0 aromatic rings. The van der Waals surface area contributed by atoms with Gasteiger partial charge in [-0.15, -0.1) is 0 Å². The molecule has 4 aliphatic carbocycles. The Balaban J connectivity index is 0.000000960. The molecule has 0 nitrogen and oxygen atoms in total. The number of hydrogen-bond acceptors (Lipinski definition) is 0. The van der Waals surface area contributed by atoms with Crippen molar-refractivity contribution in [3.05, 3.63) is 47.6 Å². The molecule has 2 fully saturated rings. The Kier molecular flexibility index (Phi) is 7.17. The summed E-state index contributed by atoms with van der Waals surface area (Å²) >= 11 is -1.16. The van der Waals surface area contributed by atoms with Crippen LogP contribution in [0.5, 0.6) is 0 Å². The Bertz CT molecular complexity index is 534. The van der Waals surface area contributed by atoms with Gasteiger partial charge >= 0.3 is 135 Å². The van der Waals surface area contributed by atoms with Gasteiger partial charge in [-0.2, -0.15) is 0 Å². The topological polar surface area (TPSA) is 0 Å². The summed E-state index contributed by atoms with van der Waals surface area (Å²) in [4.78, 5) is 0. The van der Waals surface area contributed by atoms with E-state index in [1.165, 1.54) is 38.5 Å². The van der Waals surface area contributed by atoms with E-state index in [-0.39, 0.29) is 24.8 Å². The molecule has 4 atom stereocenters. The van der Waals surface area contributed by atoms with E-state index in [0.29, 0.717) is 0 Å². The van der Waals surface area contributed by atoms with Crippen LogP contribution in [0.25, 0.3) is 0 Å². The molecule has 4 rings (SSSR count). The summed E-state index contributed by atoms with van der Waals surface area (Å²) in [5, 5.41) is 0. The van der Waals surface area contributed by atoms with E-state index in [2.05, 4.69) is 47.7 Å². The van der Waals surface area contributed by atoms with Crippen molar-refractivity contribution in [3.8, 4) is 0 Å². The first-order chi connectivity index (χ1) is 10.4. The maximum absolute atomic E-state index is 2.71. The van der Waals surface area contributed by atoms with Gasteiger partial charge in [0.25, 0.3) is 0 Å². The smallest absolute Gasteiger partial charge is 1.00 e. The van der Waals surface area contributed by atoms with Crippen molar-refractivity contribution in [2.24, 2.45) is 11.8 Å². The maximum Gasteiger partial charge on any atom is -1.00 e. The second-order valence-electron chi connectivity index (χ2n) is 7.10. The first-order valence-electron chi connectivity index (χ1n) is 8.77. The van der Waals surface area contributed by atoms with Gasteiger partial charge in [-0.3, -0.25) is 0 Å². The summed E-state index contributed by atoms with van der Waals surface area (Å²) < 4.78 is 4.68. The minimum absolute atomic E-state index is 0. The number of rotatable bonds is 2. The molecule has 3 heteroatoms. The van der Waals surface area contributed by atoms with Crippen molar-refractivity contribution < 1.29 is 42.2 Å². The molecule has 0 bridgehead atoms. The van der Waals surface area contributed by atoms with Crippen LogP contribution in [-0.2, 0) is 17.4 Å². The van der Waals surface area contributed by atoms with Crippen LogP contribution < -0.4 is 24.8 Å². The standard InChI is InChI=1S/2C9H11.C2H4.2ClH.Ti/c2*1-2-5-9-7-3-6-8(9)4-1;1-2;;;/h2*1-2,4,6,9H,3,5,7H2;1H,2H3;2*1H;/q;;;;;+2/p-2. The molecule has 0 N–H and O–H groups in total. The first-order valence-corrected chi connectivity index (χ1v) is 11.5. The molecule has 0 radical (unpaired) electrons. The van der Waals surface area contributed by atoms with Crippen molar-refractivity contribution in [3.63, 3.8) is 0 Å². The van der Waals surface area contributed by atoms with E-state index in [0.717, 1.165) is 20.3 Å². The fourth-order valence-corrected chi connectivity index (χ4v) is 11.0. The molecule has 124 valence electrons. The third-order valence-electron chi connectivity index (χ3n) is 6.18. The molecule has 2 saturated carbocycles. The molecule has 23 heavy (non-hydrogen) atoms. The number of allylic oxidation sites excluding steroid dienone is 8. The van der Waals surface area contributed by atoms with Gasteiger partial charge in [0.1, 0.15) is 0 Å². The van der Waals surface area contributed by atoms with E-state index in [9.17, 15) is 0 Å². The normalized spacial score (nSPS) is 33.2. The van der Waals surface area contributed by atoms with Gasteiger partial charge in [0, 0.05) is 0 Å². The first kappa shape index (κ1) is 19.4. The predicted octanol–water partition coefficient (Wildman–Crippen LogP) is -0.396. The summed E-state index contributed by atoms with van der Waals surface area (Å²) in [6.45, 7) is 2.38. The van der Waals surface area contributed by atoms with Crippen LogP contribution in [0.2, 0.25) is 8.45 Å². The average molecular weight is 385 g/mol. The van der Waals surface area contributed by atoms with Gasteiger partial charge in [-0.05, 0) is 0 Å². The zero-order valence-electron chi connectivity index (χ0n) is 13.8. The van der Waals surface area contributed by atoms with E-state index < -0.39 is 17.4 Å². The summed E-state index contributed by atoms with van der Waals surface area (Å²) in [7, 11) is 0. The maximum atomic E-state index is 2.71. The largest absolute Gasteiger partial charge is 1.00 e. The summed E-state index contributed by atoms with van der Waals surface area (Å²) in [6, 6.07) is 0. The SMILES string of the molecule is C[CH]=[Ti+2]([CH]1CCC2CC=CC=C21)[CH]1CCC2CC=CC=C21.[Cl-].[Cl-]. The minimum Gasteiger partial charge on any atom is -1.00 e. The van der Waals surface area contributed by atoms with Crippen LogP contribution in [0.1, 0.15) is 45.4 Å². The second kappa shape index (κ2) is 8.48.